The van der Waals surface area contributed by atoms with Gasteiger partial charge in [0.25, 0.3) is 0 Å². The standard InChI is InChI=1S/C16H23FO/c1-16(2,18)14-10-9-13(11-15(14)17)8-7-12-5-3-4-6-12/h9-12,18H,3-8H2,1-2H3. The van der Waals surface area contributed by atoms with Crippen molar-refractivity contribution in [1.29, 1.82) is 0 Å². The summed E-state index contributed by atoms with van der Waals surface area (Å²) in [5.74, 6) is 0.549. The van der Waals surface area contributed by atoms with Crippen LogP contribution in [0.1, 0.15) is 57.1 Å². The van der Waals surface area contributed by atoms with E-state index in [0.29, 0.717) is 5.56 Å². The van der Waals surface area contributed by atoms with Gasteiger partial charge in [-0.3, -0.25) is 0 Å². The highest BCUT2D eigenvalue weighted by Crippen LogP contribution is 2.29. The molecule has 1 aromatic rings. The molecule has 1 nitrogen and oxygen atoms in total. The van der Waals surface area contributed by atoms with Crippen LogP contribution in [0.25, 0.3) is 0 Å². The summed E-state index contributed by atoms with van der Waals surface area (Å²) in [7, 11) is 0. The van der Waals surface area contributed by atoms with Gasteiger partial charge >= 0.3 is 0 Å². The molecule has 1 N–H and O–H groups in total. The van der Waals surface area contributed by atoms with Crippen molar-refractivity contribution in [1.82, 2.24) is 0 Å². The fraction of sp³-hybridized carbons (Fsp3) is 0.625. The molecule has 1 aromatic carbocycles. The molecule has 0 spiro atoms. The Morgan fingerprint density at radius 1 is 1.28 bits per heavy atom. The van der Waals surface area contributed by atoms with Crippen LogP contribution >= 0.6 is 0 Å². The van der Waals surface area contributed by atoms with Crippen molar-refractivity contribution in [3.8, 4) is 0 Å². The summed E-state index contributed by atoms with van der Waals surface area (Å²) in [5, 5.41) is 9.82. The summed E-state index contributed by atoms with van der Waals surface area (Å²) in [6, 6.07) is 5.26. The lowest BCUT2D eigenvalue weighted by molar-refractivity contribution is 0.0745. The lowest BCUT2D eigenvalue weighted by Crippen LogP contribution is -2.17. The van der Waals surface area contributed by atoms with E-state index >= 15 is 0 Å². The molecule has 1 aliphatic rings. The average Bonchev–Trinajstić information content (AvgIpc) is 2.77. The van der Waals surface area contributed by atoms with Crippen molar-refractivity contribution in [2.45, 2.75) is 58.0 Å². The van der Waals surface area contributed by atoms with Gasteiger partial charge in [-0.25, -0.2) is 4.39 Å². The summed E-state index contributed by atoms with van der Waals surface area (Å²) in [5.41, 5.74) is 0.327. The first-order valence-corrected chi connectivity index (χ1v) is 6.98. The molecule has 2 heteroatoms. The number of halogens is 1. The number of hydrogen-bond acceptors (Lipinski definition) is 1. The largest absolute Gasteiger partial charge is 0.386 e. The molecule has 0 bridgehead atoms. The van der Waals surface area contributed by atoms with Gasteiger partial charge in [0.1, 0.15) is 5.82 Å². The molecule has 0 aliphatic heterocycles. The first kappa shape index (κ1) is 13.5. The number of hydrogen-bond donors (Lipinski definition) is 1. The first-order valence-electron chi connectivity index (χ1n) is 6.98. The van der Waals surface area contributed by atoms with Crippen molar-refractivity contribution in [3.05, 3.63) is 35.1 Å². The Morgan fingerprint density at radius 2 is 1.94 bits per heavy atom. The molecule has 2 rings (SSSR count). The van der Waals surface area contributed by atoms with Gasteiger partial charge in [-0.05, 0) is 44.2 Å². The minimum absolute atomic E-state index is 0.286. The predicted octanol–water partition coefficient (Wildman–Crippen LogP) is 4.18. The Morgan fingerprint density at radius 3 is 2.50 bits per heavy atom. The molecule has 0 aromatic heterocycles. The van der Waals surface area contributed by atoms with E-state index in [0.717, 1.165) is 17.9 Å². The van der Waals surface area contributed by atoms with E-state index in [9.17, 15) is 9.50 Å². The Bertz CT molecular complexity index is 400. The fourth-order valence-corrected chi connectivity index (χ4v) is 2.88. The number of aryl methyl sites for hydroxylation is 1. The maximum absolute atomic E-state index is 13.9. The molecular weight excluding hydrogens is 227 g/mol. The molecule has 0 unspecified atom stereocenters. The molecule has 1 fully saturated rings. The van der Waals surface area contributed by atoms with Crippen LogP contribution in [0, 0.1) is 11.7 Å². The van der Waals surface area contributed by atoms with Gasteiger partial charge in [0.2, 0.25) is 0 Å². The third-order valence-electron chi connectivity index (χ3n) is 4.01. The summed E-state index contributed by atoms with van der Waals surface area (Å²) >= 11 is 0. The quantitative estimate of drug-likeness (QED) is 0.850. The van der Waals surface area contributed by atoms with Crippen LogP contribution < -0.4 is 0 Å². The SMILES string of the molecule is CC(C)(O)c1ccc(CCC2CCCC2)cc1F. The summed E-state index contributed by atoms with van der Waals surface area (Å²) in [6.45, 7) is 3.23. The number of rotatable bonds is 4. The van der Waals surface area contributed by atoms with Crippen LogP contribution in [0.5, 0.6) is 0 Å². The second-order valence-corrected chi connectivity index (χ2v) is 6.06. The lowest BCUT2D eigenvalue weighted by Gasteiger charge is -2.19. The normalized spacial score (nSPS) is 17.3. The van der Waals surface area contributed by atoms with Crippen LogP contribution in [0.15, 0.2) is 18.2 Å². The molecule has 0 saturated heterocycles. The van der Waals surface area contributed by atoms with Gasteiger partial charge in [-0.15, -0.1) is 0 Å². The van der Waals surface area contributed by atoms with Crippen LogP contribution in [0.3, 0.4) is 0 Å². The van der Waals surface area contributed by atoms with Gasteiger partial charge in [0.15, 0.2) is 0 Å². The van der Waals surface area contributed by atoms with E-state index in [-0.39, 0.29) is 5.82 Å². The third-order valence-corrected chi connectivity index (χ3v) is 4.01. The van der Waals surface area contributed by atoms with Gasteiger partial charge in [-0.2, -0.15) is 0 Å². The summed E-state index contributed by atoms with van der Waals surface area (Å²) < 4.78 is 13.9. The molecule has 0 radical (unpaired) electrons. The van der Waals surface area contributed by atoms with Crippen molar-refractivity contribution in [3.63, 3.8) is 0 Å². The maximum Gasteiger partial charge on any atom is 0.129 e. The summed E-state index contributed by atoms with van der Waals surface area (Å²) in [6.07, 6.45) is 7.51. The molecule has 1 saturated carbocycles. The Labute approximate surface area is 109 Å². The van der Waals surface area contributed by atoms with Crippen LogP contribution in [0.2, 0.25) is 0 Å². The molecule has 0 heterocycles. The second-order valence-electron chi connectivity index (χ2n) is 6.06. The van der Waals surface area contributed by atoms with Crippen molar-refractivity contribution >= 4 is 0 Å². The minimum Gasteiger partial charge on any atom is -0.386 e. The number of aliphatic hydroxyl groups is 1. The molecule has 0 atom stereocenters. The van der Waals surface area contributed by atoms with E-state index in [4.69, 9.17) is 0 Å². The third kappa shape index (κ3) is 3.32. The molecule has 18 heavy (non-hydrogen) atoms. The topological polar surface area (TPSA) is 20.2 Å². The zero-order valence-corrected chi connectivity index (χ0v) is 11.4. The molecular formula is C16H23FO. The van der Waals surface area contributed by atoms with Crippen LogP contribution in [-0.4, -0.2) is 5.11 Å². The second kappa shape index (κ2) is 5.40. The smallest absolute Gasteiger partial charge is 0.129 e. The van der Waals surface area contributed by atoms with Crippen LogP contribution in [-0.2, 0) is 12.0 Å². The van der Waals surface area contributed by atoms with Crippen LogP contribution in [0.4, 0.5) is 4.39 Å². The highest BCUT2D eigenvalue weighted by Gasteiger charge is 2.21. The zero-order chi connectivity index (χ0) is 13.2. The van der Waals surface area contributed by atoms with Crippen molar-refractivity contribution in [2.75, 3.05) is 0 Å². The predicted molar refractivity (Wildman–Crippen MR) is 71.9 cm³/mol. The van der Waals surface area contributed by atoms with E-state index in [1.54, 1.807) is 26.0 Å². The Balaban J connectivity index is 2.00. The van der Waals surface area contributed by atoms with Gasteiger partial charge in [0, 0.05) is 5.56 Å². The van der Waals surface area contributed by atoms with E-state index in [2.05, 4.69) is 0 Å². The molecule has 0 amide bonds. The van der Waals surface area contributed by atoms with E-state index < -0.39 is 5.60 Å². The fourth-order valence-electron chi connectivity index (χ4n) is 2.88. The maximum atomic E-state index is 13.9. The zero-order valence-electron chi connectivity index (χ0n) is 11.4. The van der Waals surface area contributed by atoms with Gasteiger partial charge in [-0.1, -0.05) is 37.8 Å². The highest BCUT2D eigenvalue weighted by atomic mass is 19.1. The van der Waals surface area contributed by atoms with Crippen molar-refractivity contribution in [2.24, 2.45) is 5.92 Å². The average molecular weight is 250 g/mol. The highest BCUT2D eigenvalue weighted by molar-refractivity contribution is 5.28. The Kier molecular flexibility index (Phi) is 4.06. The van der Waals surface area contributed by atoms with Gasteiger partial charge < -0.3 is 5.11 Å². The Hall–Kier alpha value is -0.890. The monoisotopic (exact) mass is 250 g/mol. The van der Waals surface area contributed by atoms with E-state index in [1.807, 2.05) is 6.07 Å². The first-order chi connectivity index (χ1) is 8.47. The summed E-state index contributed by atoms with van der Waals surface area (Å²) in [4.78, 5) is 0. The minimum atomic E-state index is -1.10. The lowest BCUT2D eigenvalue weighted by atomic mass is 9.93. The molecule has 100 valence electrons. The molecule has 1 aliphatic carbocycles. The van der Waals surface area contributed by atoms with Gasteiger partial charge in [0.05, 0.1) is 5.60 Å². The van der Waals surface area contributed by atoms with E-state index in [1.165, 1.54) is 32.1 Å². The number of benzene rings is 1. The van der Waals surface area contributed by atoms with Crippen molar-refractivity contribution < 1.29 is 9.50 Å².